The lowest BCUT2D eigenvalue weighted by molar-refractivity contribution is 0.174. The number of hydrogen-bond donors (Lipinski definition) is 1. The van der Waals surface area contributed by atoms with Crippen LogP contribution in [0, 0.1) is 13.8 Å². The first kappa shape index (κ1) is 11.6. The van der Waals surface area contributed by atoms with E-state index < -0.39 is 0 Å². The lowest BCUT2D eigenvalue weighted by Crippen LogP contribution is -2.21. The summed E-state index contributed by atoms with van der Waals surface area (Å²) >= 11 is 0. The SMILES string of the molecule is Cc1cc(C)n2cc(CN3CCC(O)C3)nc2n1. The lowest BCUT2D eigenvalue weighted by atomic mass is 10.3. The van der Waals surface area contributed by atoms with Gasteiger partial charge in [0.15, 0.2) is 0 Å². The predicted octanol–water partition coefficient (Wildman–Crippen LogP) is 0.913. The molecule has 96 valence electrons. The van der Waals surface area contributed by atoms with Crippen LogP contribution in [0.1, 0.15) is 23.5 Å². The first-order chi connectivity index (χ1) is 8.61. The Hall–Kier alpha value is -1.46. The number of hydrogen-bond acceptors (Lipinski definition) is 4. The van der Waals surface area contributed by atoms with Crippen LogP contribution in [0.5, 0.6) is 0 Å². The van der Waals surface area contributed by atoms with Crippen molar-refractivity contribution in [2.24, 2.45) is 0 Å². The molecule has 1 aliphatic heterocycles. The van der Waals surface area contributed by atoms with Gasteiger partial charge in [0.1, 0.15) is 0 Å². The third kappa shape index (κ3) is 2.11. The molecule has 0 radical (unpaired) electrons. The number of β-amino-alcohol motifs (C(OH)–C–C–N with tert-alkyl or cyclic N) is 1. The van der Waals surface area contributed by atoms with E-state index in [0.717, 1.165) is 48.9 Å². The van der Waals surface area contributed by atoms with E-state index in [1.807, 2.05) is 17.5 Å². The average molecular weight is 246 g/mol. The van der Waals surface area contributed by atoms with E-state index in [2.05, 4.69) is 27.9 Å². The topological polar surface area (TPSA) is 53.7 Å². The summed E-state index contributed by atoms with van der Waals surface area (Å²) in [5.74, 6) is 0.766. The molecule has 1 N–H and O–H groups in total. The van der Waals surface area contributed by atoms with E-state index in [1.165, 1.54) is 0 Å². The zero-order chi connectivity index (χ0) is 12.7. The van der Waals surface area contributed by atoms with Gasteiger partial charge in [0, 0.05) is 37.2 Å². The van der Waals surface area contributed by atoms with Crippen LogP contribution in [-0.4, -0.2) is 43.6 Å². The Labute approximate surface area is 106 Å². The molecular weight excluding hydrogens is 228 g/mol. The maximum absolute atomic E-state index is 9.52. The molecule has 0 bridgehead atoms. The quantitative estimate of drug-likeness (QED) is 0.856. The number of aliphatic hydroxyl groups is 1. The van der Waals surface area contributed by atoms with Crippen molar-refractivity contribution >= 4 is 5.78 Å². The zero-order valence-corrected chi connectivity index (χ0v) is 10.8. The molecule has 5 heteroatoms. The van der Waals surface area contributed by atoms with Crippen molar-refractivity contribution < 1.29 is 5.11 Å². The van der Waals surface area contributed by atoms with Gasteiger partial charge >= 0.3 is 0 Å². The van der Waals surface area contributed by atoms with Crippen LogP contribution in [0.3, 0.4) is 0 Å². The van der Waals surface area contributed by atoms with Crippen LogP contribution in [0.4, 0.5) is 0 Å². The molecule has 3 rings (SSSR count). The molecule has 1 saturated heterocycles. The monoisotopic (exact) mass is 246 g/mol. The second-order valence-electron chi connectivity index (χ2n) is 5.12. The Bertz CT molecular complexity index is 578. The Morgan fingerprint density at radius 3 is 2.94 bits per heavy atom. The highest BCUT2D eigenvalue weighted by atomic mass is 16.3. The fourth-order valence-corrected chi connectivity index (χ4v) is 2.58. The summed E-state index contributed by atoms with van der Waals surface area (Å²) in [6, 6.07) is 2.05. The van der Waals surface area contributed by atoms with Crippen LogP contribution in [0.25, 0.3) is 5.78 Å². The van der Waals surface area contributed by atoms with Crippen molar-refractivity contribution in [2.75, 3.05) is 13.1 Å². The van der Waals surface area contributed by atoms with Gasteiger partial charge in [-0.2, -0.15) is 0 Å². The Balaban J connectivity index is 1.87. The minimum atomic E-state index is -0.177. The molecule has 0 aromatic carbocycles. The van der Waals surface area contributed by atoms with Crippen molar-refractivity contribution in [2.45, 2.75) is 32.9 Å². The van der Waals surface area contributed by atoms with E-state index in [1.54, 1.807) is 0 Å². The second-order valence-corrected chi connectivity index (χ2v) is 5.12. The highest BCUT2D eigenvalue weighted by molar-refractivity contribution is 5.34. The minimum absolute atomic E-state index is 0.177. The van der Waals surface area contributed by atoms with Crippen LogP contribution in [0.15, 0.2) is 12.3 Å². The summed E-state index contributed by atoms with van der Waals surface area (Å²) in [6.45, 7) is 6.53. The van der Waals surface area contributed by atoms with Gasteiger partial charge in [-0.15, -0.1) is 0 Å². The number of aliphatic hydroxyl groups excluding tert-OH is 1. The maximum Gasteiger partial charge on any atom is 0.234 e. The van der Waals surface area contributed by atoms with Gasteiger partial charge in [-0.05, 0) is 26.3 Å². The van der Waals surface area contributed by atoms with Gasteiger partial charge < -0.3 is 5.11 Å². The van der Waals surface area contributed by atoms with Gasteiger partial charge in [-0.3, -0.25) is 9.30 Å². The Kier molecular flexibility index (Phi) is 2.80. The van der Waals surface area contributed by atoms with E-state index in [4.69, 9.17) is 0 Å². The van der Waals surface area contributed by atoms with Gasteiger partial charge in [-0.1, -0.05) is 0 Å². The largest absolute Gasteiger partial charge is 0.392 e. The smallest absolute Gasteiger partial charge is 0.234 e. The number of nitrogens with zero attached hydrogens (tertiary/aromatic N) is 4. The molecule has 0 saturated carbocycles. The number of fused-ring (bicyclic) bond motifs is 1. The van der Waals surface area contributed by atoms with E-state index in [-0.39, 0.29) is 6.10 Å². The third-order valence-corrected chi connectivity index (χ3v) is 3.44. The number of likely N-dealkylation sites (tertiary alicyclic amines) is 1. The molecular formula is C13H18N4O. The predicted molar refractivity (Wildman–Crippen MR) is 68.4 cm³/mol. The molecule has 2 aromatic heterocycles. The molecule has 0 amide bonds. The van der Waals surface area contributed by atoms with Crippen LogP contribution >= 0.6 is 0 Å². The van der Waals surface area contributed by atoms with Crippen LogP contribution in [-0.2, 0) is 6.54 Å². The van der Waals surface area contributed by atoms with Gasteiger partial charge in [0.2, 0.25) is 5.78 Å². The average Bonchev–Trinajstić information content (AvgIpc) is 2.85. The highest BCUT2D eigenvalue weighted by Crippen LogP contribution is 2.14. The summed E-state index contributed by atoms with van der Waals surface area (Å²) < 4.78 is 2.02. The zero-order valence-electron chi connectivity index (χ0n) is 10.8. The van der Waals surface area contributed by atoms with Crippen molar-refractivity contribution in [1.82, 2.24) is 19.3 Å². The van der Waals surface area contributed by atoms with E-state index >= 15 is 0 Å². The standard InChI is InChI=1S/C13H18N4O/c1-9-5-10(2)17-7-11(15-13(17)14-9)6-16-4-3-12(18)8-16/h5,7,12,18H,3-4,6,8H2,1-2H3. The summed E-state index contributed by atoms with van der Waals surface area (Å²) in [7, 11) is 0. The second kappa shape index (κ2) is 4.33. The summed E-state index contributed by atoms with van der Waals surface area (Å²) in [5, 5.41) is 9.52. The maximum atomic E-state index is 9.52. The van der Waals surface area contributed by atoms with E-state index in [0.29, 0.717) is 0 Å². The molecule has 1 unspecified atom stereocenters. The molecule has 18 heavy (non-hydrogen) atoms. The van der Waals surface area contributed by atoms with Gasteiger partial charge in [0.25, 0.3) is 0 Å². The molecule has 0 spiro atoms. The first-order valence-electron chi connectivity index (χ1n) is 6.34. The van der Waals surface area contributed by atoms with Gasteiger partial charge in [-0.25, -0.2) is 9.97 Å². The molecule has 1 aliphatic rings. The summed E-state index contributed by atoms with van der Waals surface area (Å²) in [4.78, 5) is 11.2. The highest BCUT2D eigenvalue weighted by Gasteiger charge is 2.21. The molecule has 0 aliphatic carbocycles. The number of aryl methyl sites for hydroxylation is 2. The normalized spacial score (nSPS) is 20.9. The molecule has 2 aromatic rings. The summed E-state index contributed by atoms with van der Waals surface area (Å²) in [5.41, 5.74) is 3.16. The van der Waals surface area contributed by atoms with Crippen molar-refractivity contribution in [3.8, 4) is 0 Å². The lowest BCUT2D eigenvalue weighted by Gasteiger charge is -2.12. The number of aromatic nitrogens is 3. The number of rotatable bonds is 2. The number of imidazole rings is 1. The molecule has 3 heterocycles. The minimum Gasteiger partial charge on any atom is -0.392 e. The van der Waals surface area contributed by atoms with E-state index in [9.17, 15) is 5.11 Å². The fraction of sp³-hybridized carbons (Fsp3) is 0.538. The van der Waals surface area contributed by atoms with Crippen LogP contribution in [0.2, 0.25) is 0 Å². The van der Waals surface area contributed by atoms with Crippen molar-refractivity contribution in [1.29, 1.82) is 0 Å². The fourth-order valence-electron chi connectivity index (χ4n) is 2.58. The molecule has 5 nitrogen and oxygen atoms in total. The summed E-state index contributed by atoms with van der Waals surface area (Å²) in [6.07, 6.45) is 2.73. The molecule has 1 fully saturated rings. The van der Waals surface area contributed by atoms with Gasteiger partial charge in [0.05, 0.1) is 11.8 Å². The Morgan fingerprint density at radius 1 is 1.39 bits per heavy atom. The first-order valence-corrected chi connectivity index (χ1v) is 6.34. The third-order valence-electron chi connectivity index (χ3n) is 3.44. The Morgan fingerprint density at radius 2 is 2.22 bits per heavy atom. The van der Waals surface area contributed by atoms with Crippen molar-refractivity contribution in [3.63, 3.8) is 0 Å². The van der Waals surface area contributed by atoms with Crippen LogP contribution < -0.4 is 0 Å². The van der Waals surface area contributed by atoms with Crippen molar-refractivity contribution in [3.05, 3.63) is 29.3 Å². The molecule has 1 atom stereocenters.